The monoisotopic (exact) mass is 348 g/mol. The Labute approximate surface area is 147 Å². The largest absolute Gasteiger partial charge is 0.356 e. The molecule has 8 heteroatoms. The Morgan fingerprint density at radius 1 is 1.28 bits per heavy atom. The molecule has 1 atom stereocenters. The Morgan fingerprint density at radius 3 is 2.76 bits per heavy atom. The normalized spacial score (nSPS) is 15.4. The number of rotatable bonds is 6. The summed E-state index contributed by atoms with van der Waals surface area (Å²) in [5, 5.41) is 3.20. The van der Waals surface area contributed by atoms with E-state index in [9.17, 15) is 9.59 Å². The van der Waals surface area contributed by atoms with Gasteiger partial charge < -0.3 is 14.8 Å². The zero-order valence-corrected chi connectivity index (χ0v) is 15.6. The third-order valence-corrected chi connectivity index (χ3v) is 5.21. The third-order valence-electron chi connectivity index (χ3n) is 5.21. The van der Waals surface area contributed by atoms with Crippen LogP contribution >= 0.6 is 0 Å². The molecule has 0 aromatic carbocycles. The van der Waals surface area contributed by atoms with Gasteiger partial charge in [-0.25, -0.2) is 4.79 Å². The lowest BCUT2D eigenvalue weighted by Gasteiger charge is -2.19. The van der Waals surface area contributed by atoms with Crippen LogP contribution in [0.15, 0.2) is 9.59 Å². The Balaban J connectivity index is 1.88. The van der Waals surface area contributed by atoms with Gasteiger partial charge in [0.2, 0.25) is 5.95 Å². The molecular weight excluding hydrogens is 320 g/mol. The molecule has 0 fully saturated rings. The van der Waals surface area contributed by atoms with Crippen molar-refractivity contribution in [1.82, 2.24) is 23.6 Å². The van der Waals surface area contributed by atoms with E-state index in [2.05, 4.69) is 36.2 Å². The number of aryl methyl sites for hydroxylation is 2. The molecule has 25 heavy (non-hydrogen) atoms. The molecule has 138 valence electrons. The fraction of sp³-hybridized carbons (Fsp3) is 0.706. The molecule has 3 rings (SSSR count). The first kappa shape index (κ1) is 17.7. The molecular formula is C17H28N6O2. The van der Waals surface area contributed by atoms with Gasteiger partial charge in [0.1, 0.15) is 0 Å². The van der Waals surface area contributed by atoms with E-state index < -0.39 is 0 Å². The lowest BCUT2D eigenvalue weighted by molar-refractivity contribution is 0.290. The summed E-state index contributed by atoms with van der Waals surface area (Å²) >= 11 is 0. The maximum absolute atomic E-state index is 12.9. The van der Waals surface area contributed by atoms with E-state index in [-0.39, 0.29) is 11.2 Å². The lowest BCUT2D eigenvalue weighted by atomic mass is 10.1. The molecule has 8 nitrogen and oxygen atoms in total. The Bertz CT molecular complexity index is 876. The van der Waals surface area contributed by atoms with E-state index in [0.29, 0.717) is 29.7 Å². The first-order valence-electron chi connectivity index (χ1n) is 9.02. The average Bonchev–Trinajstić information content (AvgIpc) is 2.98. The van der Waals surface area contributed by atoms with Crippen LogP contribution in [0.2, 0.25) is 0 Å². The summed E-state index contributed by atoms with van der Waals surface area (Å²) in [7, 11) is 5.82. The molecule has 0 unspecified atom stereocenters. The van der Waals surface area contributed by atoms with Crippen molar-refractivity contribution in [1.29, 1.82) is 0 Å². The van der Waals surface area contributed by atoms with E-state index in [1.165, 1.54) is 9.13 Å². The van der Waals surface area contributed by atoms with Gasteiger partial charge in [-0.3, -0.25) is 13.9 Å². The van der Waals surface area contributed by atoms with Crippen molar-refractivity contribution in [3.8, 4) is 0 Å². The topological polar surface area (TPSA) is 77.1 Å². The van der Waals surface area contributed by atoms with Crippen LogP contribution in [-0.4, -0.2) is 50.3 Å². The van der Waals surface area contributed by atoms with Gasteiger partial charge in [-0.1, -0.05) is 6.42 Å². The SMILES string of the molecule is C[C@H](CCCCn1c(=O)c2c(nc3n2CCCN3)n(C)c1=O)N(C)C. The Kier molecular flexibility index (Phi) is 4.99. The number of nitrogens with zero attached hydrogens (tertiary/aromatic N) is 5. The highest BCUT2D eigenvalue weighted by atomic mass is 16.2. The van der Waals surface area contributed by atoms with E-state index in [1.54, 1.807) is 7.05 Å². The predicted molar refractivity (Wildman–Crippen MR) is 99.3 cm³/mol. The molecule has 0 saturated carbocycles. The van der Waals surface area contributed by atoms with Crippen LogP contribution in [0.4, 0.5) is 5.95 Å². The van der Waals surface area contributed by atoms with Gasteiger partial charge >= 0.3 is 5.69 Å². The molecule has 0 amide bonds. The van der Waals surface area contributed by atoms with E-state index in [4.69, 9.17) is 0 Å². The first-order valence-corrected chi connectivity index (χ1v) is 9.02. The Morgan fingerprint density at radius 2 is 2.04 bits per heavy atom. The lowest BCUT2D eigenvalue weighted by Crippen LogP contribution is -2.40. The van der Waals surface area contributed by atoms with Crippen LogP contribution in [0.5, 0.6) is 0 Å². The molecule has 0 spiro atoms. The van der Waals surface area contributed by atoms with E-state index >= 15 is 0 Å². The third kappa shape index (κ3) is 3.22. The summed E-state index contributed by atoms with van der Waals surface area (Å²) in [5.41, 5.74) is 0.498. The van der Waals surface area contributed by atoms with Gasteiger partial charge in [-0.05, 0) is 40.3 Å². The van der Waals surface area contributed by atoms with Gasteiger partial charge in [-0.2, -0.15) is 4.98 Å². The minimum Gasteiger partial charge on any atom is -0.356 e. The summed E-state index contributed by atoms with van der Waals surface area (Å²) in [6.07, 6.45) is 3.80. The number of hydrogen-bond acceptors (Lipinski definition) is 5. The second-order valence-corrected chi connectivity index (χ2v) is 7.15. The van der Waals surface area contributed by atoms with Crippen molar-refractivity contribution in [3.05, 3.63) is 20.8 Å². The highest BCUT2D eigenvalue weighted by Gasteiger charge is 2.21. The van der Waals surface area contributed by atoms with Gasteiger partial charge in [0.05, 0.1) is 0 Å². The fourth-order valence-electron chi connectivity index (χ4n) is 3.33. The number of anilines is 1. The predicted octanol–water partition coefficient (Wildman–Crippen LogP) is 0.833. The van der Waals surface area contributed by atoms with Crippen molar-refractivity contribution >= 4 is 17.1 Å². The van der Waals surface area contributed by atoms with Crippen molar-refractivity contribution < 1.29 is 0 Å². The molecule has 1 aliphatic heterocycles. The number of aromatic nitrogens is 4. The Hall–Kier alpha value is -2.09. The molecule has 0 bridgehead atoms. The molecule has 3 heterocycles. The molecule has 1 N–H and O–H groups in total. The van der Waals surface area contributed by atoms with Gasteiger partial charge in [0.25, 0.3) is 5.56 Å². The summed E-state index contributed by atoms with van der Waals surface area (Å²) < 4.78 is 4.77. The van der Waals surface area contributed by atoms with Gasteiger partial charge in [-0.15, -0.1) is 0 Å². The maximum atomic E-state index is 12.9. The molecule has 0 radical (unpaired) electrons. The zero-order valence-electron chi connectivity index (χ0n) is 15.6. The fourth-order valence-corrected chi connectivity index (χ4v) is 3.33. The minimum absolute atomic E-state index is 0.221. The van der Waals surface area contributed by atoms with Crippen molar-refractivity contribution in [2.24, 2.45) is 7.05 Å². The summed E-state index contributed by atoms with van der Waals surface area (Å²) in [6.45, 7) is 4.24. The average molecular weight is 348 g/mol. The summed E-state index contributed by atoms with van der Waals surface area (Å²) in [6, 6.07) is 0.495. The van der Waals surface area contributed by atoms with Crippen molar-refractivity contribution in [3.63, 3.8) is 0 Å². The smallest absolute Gasteiger partial charge is 0.332 e. The maximum Gasteiger partial charge on any atom is 0.332 e. The second-order valence-electron chi connectivity index (χ2n) is 7.15. The number of nitrogens with one attached hydrogen (secondary N) is 1. The van der Waals surface area contributed by atoms with Crippen LogP contribution in [0.25, 0.3) is 11.2 Å². The molecule has 1 aliphatic rings. The summed E-state index contributed by atoms with van der Waals surface area (Å²) in [5.74, 6) is 0.686. The number of fused-ring (bicyclic) bond motifs is 3. The zero-order chi connectivity index (χ0) is 18.1. The van der Waals surface area contributed by atoms with Gasteiger partial charge in [0, 0.05) is 32.7 Å². The van der Waals surface area contributed by atoms with Crippen LogP contribution < -0.4 is 16.6 Å². The van der Waals surface area contributed by atoms with Crippen LogP contribution in [0.3, 0.4) is 0 Å². The number of imidazole rings is 1. The standard InChI is InChI=1S/C17H28N6O2/c1-12(20(2)3)8-5-6-10-23-15(24)13-14(21(4)17(23)25)19-16-18-9-7-11-22(13)16/h12H,5-11H2,1-4H3,(H,18,19)/t12-/m1/s1. The highest BCUT2D eigenvalue weighted by Crippen LogP contribution is 2.19. The number of unbranched alkanes of at least 4 members (excludes halogenated alkanes) is 1. The van der Waals surface area contributed by atoms with Crippen molar-refractivity contribution in [2.75, 3.05) is 26.0 Å². The van der Waals surface area contributed by atoms with Crippen molar-refractivity contribution in [2.45, 2.75) is 51.7 Å². The molecule has 0 aliphatic carbocycles. The van der Waals surface area contributed by atoms with Crippen LogP contribution in [0, 0.1) is 0 Å². The van der Waals surface area contributed by atoms with E-state index in [1.807, 2.05) is 4.57 Å². The minimum atomic E-state index is -0.284. The number of hydrogen-bond donors (Lipinski definition) is 1. The van der Waals surface area contributed by atoms with Gasteiger partial charge in [0.15, 0.2) is 11.2 Å². The second kappa shape index (κ2) is 7.03. The first-order chi connectivity index (χ1) is 11.9. The molecule has 2 aromatic heterocycles. The molecule has 2 aromatic rings. The highest BCUT2D eigenvalue weighted by molar-refractivity contribution is 5.74. The quantitative estimate of drug-likeness (QED) is 0.783. The van der Waals surface area contributed by atoms with Crippen LogP contribution in [-0.2, 0) is 20.1 Å². The van der Waals surface area contributed by atoms with E-state index in [0.717, 1.165) is 38.8 Å². The molecule has 0 saturated heterocycles. The van der Waals surface area contributed by atoms with Crippen LogP contribution in [0.1, 0.15) is 32.6 Å². The summed E-state index contributed by atoms with van der Waals surface area (Å²) in [4.78, 5) is 32.2.